The van der Waals surface area contributed by atoms with Gasteiger partial charge in [0.2, 0.25) is 0 Å². The van der Waals surface area contributed by atoms with Gasteiger partial charge in [0, 0.05) is 0 Å². The van der Waals surface area contributed by atoms with Gasteiger partial charge in [0.25, 0.3) is 10.0 Å². The van der Waals surface area contributed by atoms with Gasteiger partial charge in [-0.05, 0) is 6.58 Å². The van der Waals surface area contributed by atoms with E-state index in [0.29, 0.717) is 0 Å². The number of nitrogens with zero attached hydrogens (tertiary/aromatic N) is 1. The van der Waals surface area contributed by atoms with Crippen molar-refractivity contribution in [3.63, 3.8) is 0 Å². The van der Waals surface area contributed by atoms with Crippen molar-refractivity contribution in [1.82, 2.24) is 0 Å². The highest BCUT2D eigenvalue weighted by Crippen LogP contribution is 1.85. The maximum Gasteiger partial charge on any atom is 0.282 e. The lowest BCUT2D eigenvalue weighted by Crippen LogP contribution is -2.25. The Morgan fingerprint density at radius 3 is 1.55 bits per heavy atom. The molecule has 0 aliphatic heterocycles. The van der Waals surface area contributed by atoms with Gasteiger partial charge < -0.3 is 12.7 Å². The Balaban J connectivity index is 0. The van der Waals surface area contributed by atoms with E-state index >= 15 is 0 Å². The molecule has 0 heterocycles. The van der Waals surface area contributed by atoms with Crippen molar-refractivity contribution in [1.29, 1.82) is 0 Å². The zero-order valence-electron chi connectivity index (χ0n) is 8.26. The van der Waals surface area contributed by atoms with E-state index in [2.05, 4.69) is 27.7 Å². The Bertz CT molecular complexity index is 92.2. The lowest BCUT2D eigenvalue weighted by atomic mass is 10.7. The van der Waals surface area contributed by atoms with E-state index in [1.807, 2.05) is 6.20 Å². The standard InChI is InChI=1S/C5H12N.H8O2Si3/c1-5-6(2,3)4;3-1-5-2-4/h5H,1H2,2-4H3;5H2,3-4H3/q+1;. The molecule has 0 N–H and O–H groups in total. The molecule has 68 valence electrons. The van der Waals surface area contributed by atoms with Crippen molar-refractivity contribution in [2.45, 2.75) is 0 Å². The first-order valence-electron chi connectivity index (χ1n) is 3.40. The van der Waals surface area contributed by atoms with Gasteiger partial charge in [-0.2, -0.15) is 0 Å². The topological polar surface area (TPSA) is 18.5 Å². The third kappa shape index (κ3) is 25.3. The largest absolute Gasteiger partial charge is 0.449 e. The Morgan fingerprint density at radius 1 is 1.27 bits per heavy atom. The molecule has 0 amide bonds. The van der Waals surface area contributed by atoms with Crippen molar-refractivity contribution in [2.75, 3.05) is 21.1 Å². The second-order valence-corrected chi connectivity index (χ2v) is 7.85. The number of rotatable bonds is 3. The molecule has 0 spiro atoms. The van der Waals surface area contributed by atoms with Crippen LogP contribution in [-0.4, -0.2) is 56.6 Å². The molecule has 0 fully saturated rings. The molecule has 0 aromatic rings. The smallest absolute Gasteiger partial charge is 0.282 e. The Labute approximate surface area is 78.1 Å². The molecule has 0 atom stereocenters. The third-order valence-electron chi connectivity index (χ3n) is 0.783. The van der Waals surface area contributed by atoms with Gasteiger partial charge in [0.05, 0.1) is 27.3 Å². The highest BCUT2D eigenvalue weighted by Gasteiger charge is 1.94. The Hall–Kier alpha value is 0.271. The van der Waals surface area contributed by atoms with Crippen molar-refractivity contribution in [2.24, 2.45) is 0 Å². The van der Waals surface area contributed by atoms with Gasteiger partial charge in [-0.25, -0.2) is 0 Å². The fourth-order valence-electron chi connectivity index (χ4n) is 0.118. The molecule has 0 aromatic carbocycles. The number of quaternary nitrogens is 1. The summed E-state index contributed by atoms with van der Waals surface area (Å²) in [5.41, 5.74) is 0. The summed E-state index contributed by atoms with van der Waals surface area (Å²) in [6, 6.07) is 0. The van der Waals surface area contributed by atoms with Crippen LogP contribution in [0.15, 0.2) is 12.8 Å². The Kier molecular flexibility index (Phi) is 10.5. The van der Waals surface area contributed by atoms with E-state index in [4.69, 9.17) is 8.23 Å². The van der Waals surface area contributed by atoms with Gasteiger partial charge in [0.1, 0.15) is 21.0 Å². The average Bonchev–Trinajstić information content (AvgIpc) is 1.90. The van der Waals surface area contributed by atoms with Crippen LogP contribution in [0.2, 0.25) is 0 Å². The third-order valence-corrected chi connectivity index (χ3v) is 2.67. The molecule has 0 aliphatic carbocycles. The summed E-state index contributed by atoms with van der Waals surface area (Å²) in [5.74, 6) is 0. The molecule has 0 bridgehead atoms. The first-order chi connectivity index (χ1) is 4.97. The summed E-state index contributed by atoms with van der Waals surface area (Å²) in [6.07, 6.45) is 1.88. The molecule has 3 nitrogen and oxygen atoms in total. The van der Waals surface area contributed by atoms with Gasteiger partial charge in [-0.1, -0.05) is 0 Å². The fraction of sp³-hybridized carbons (Fsp3) is 0.600. The quantitative estimate of drug-likeness (QED) is 0.376. The van der Waals surface area contributed by atoms with Crippen molar-refractivity contribution >= 4 is 31.0 Å². The highest BCUT2D eigenvalue weighted by molar-refractivity contribution is 6.33. The van der Waals surface area contributed by atoms with Crippen LogP contribution in [0, 0.1) is 0 Å². The van der Waals surface area contributed by atoms with E-state index in [-0.39, 0.29) is 0 Å². The second-order valence-electron chi connectivity index (χ2n) is 2.99. The van der Waals surface area contributed by atoms with Crippen LogP contribution in [0.5, 0.6) is 0 Å². The van der Waals surface area contributed by atoms with Crippen LogP contribution in [0.4, 0.5) is 0 Å². The van der Waals surface area contributed by atoms with Crippen LogP contribution in [0.1, 0.15) is 0 Å². The molecule has 11 heavy (non-hydrogen) atoms. The van der Waals surface area contributed by atoms with Gasteiger partial charge in [-0.3, -0.25) is 0 Å². The Morgan fingerprint density at radius 2 is 1.55 bits per heavy atom. The first kappa shape index (κ1) is 13.8. The summed E-state index contributed by atoms with van der Waals surface area (Å²) in [7, 11) is 7.46. The molecule has 6 heteroatoms. The molecule has 0 aromatic heterocycles. The van der Waals surface area contributed by atoms with Crippen LogP contribution < -0.4 is 0 Å². The minimum absolute atomic E-state index is 0.444. The molecule has 0 saturated heterocycles. The predicted octanol–water partition coefficient (Wildman–Crippen LogP) is -2.58. The molecule has 0 rings (SSSR count). The van der Waals surface area contributed by atoms with Gasteiger partial charge in [-0.15, -0.1) is 0 Å². The zero-order chi connectivity index (χ0) is 9.33. The SMILES string of the molecule is C=C[N+](C)(C)C.[SiH3]O[SiH2]O[SiH3]. The van der Waals surface area contributed by atoms with E-state index in [1.54, 1.807) is 0 Å². The van der Waals surface area contributed by atoms with E-state index in [0.717, 1.165) is 25.5 Å². The zero-order valence-corrected chi connectivity index (χ0v) is 13.7. The van der Waals surface area contributed by atoms with Crippen LogP contribution in [-0.2, 0) is 8.23 Å². The molecular weight excluding hydrogens is 190 g/mol. The summed E-state index contributed by atoms with van der Waals surface area (Å²) in [6.45, 7) is 3.60. The monoisotopic (exact) mass is 210 g/mol. The van der Waals surface area contributed by atoms with Gasteiger partial charge in [0.15, 0.2) is 0 Å². The number of hydrogen-bond donors (Lipinski definition) is 0. The molecule has 0 aliphatic rings. The maximum absolute atomic E-state index is 4.78. The summed E-state index contributed by atoms with van der Waals surface area (Å²) in [4.78, 5) is 0. The van der Waals surface area contributed by atoms with Crippen molar-refractivity contribution in [3.8, 4) is 0 Å². The summed E-state index contributed by atoms with van der Waals surface area (Å²) < 4.78 is 10.4. The maximum atomic E-state index is 4.78. The second kappa shape index (κ2) is 8.37. The first-order valence-corrected chi connectivity index (χ1v) is 6.19. The molecular formula is C5H20NO2Si3+. The highest BCUT2D eigenvalue weighted by atomic mass is 28.3. The minimum Gasteiger partial charge on any atom is -0.449 e. The van der Waals surface area contributed by atoms with Crippen LogP contribution in [0.3, 0.4) is 0 Å². The minimum atomic E-state index is -0.444. The van der Waals surface area contributed by atoms with Crippen LogP contribution >= 0.6 is 0 Å². The molecule has 0 unspecified atom stereocenters. The lowest BCUT2D eigenvalue weighted by molar-refractivity contribution is -0.816. The normalized spacial score (nSPS) is 11.5. The number of hydrogen-bond acceptors (Lipinski definition) is 2. The van der Waals surface area contributed by atoms with Crippen LogP contribution in [0.25, 0.3) is 0 Å². The van der Waals surface area contributed by atoms with Crippen molar-refractivity contribution in [3.05, 3.63) is 12.8 Å². The van der Waals surface area contributed by atoms with E-state index < -0.39 is 10.0 Å². The fourth-order valence-corrected chi connectivity index (χ4v) is 3.18. The molecule has 0 radical (unpaired) electrons. The van der Waals surface area contributed by atoms with Gasteiger partial charge >= 0.3 is 0 Å². The van der Waals surface area contributed by atoms with E-state index in [1.165, 1.54) is 0 Å². The molecule has 0 saturated carbocycles. The van der Waals surface area contributed by atoms with Crippen molar-refractivity contribution < 1.29 is 12.7 Å². The average molecular weight is 210 g/mol. The summed E-state index contributed by atoms with van der Waals surface area (Å²) >= 11 is 0. The lowest BCUT2D eigenvalue weighted by Gasteiger charge is -2.15. The summed E-state index contributed by atoms with van der Waals surface area (Å²) in [5, 5.41) is 0. The predicted molar refractivity (Wildman–Crippen MR) is 58.8 cm³/mol. The van der Waals surface area contributed by atoms with E-state index in [9.17, 15) is 0 Å².